The van der Waals surface area contributed by atoms with Gasteiger partial charge in [0.1, 0.15) is 18.3 Å². The molecule has 0 radical (unpaired) electrons. The van der Waals surface area contributed by atoms with Crippen LogP contribution in [-0.2, 0) is 38.0 Å². The summed E-state index contributed by atoms with van der Waals surface area (Å²) < 4.78 is 35.9. The summed E-state index contributed by atoms with van der Waals surface area (Å²) in [6.45, 7) is 8.60. The molecule has 0 spiro atoms. The SMILES string of the molecule is C[C@@H]1[C@H](OC2C[C@@H](O)[C@@H](O)[C@H](C)O2)[C@@H](C)/C=C/C=C/C=C/C=C/C=C/C=C/C=C/[C@H](O[C@@H]2O[C@H](C)[C@@H](O)[C@H](N)[C@@H]2O)C[C@@H]2O[C@](O)(C[C@@H](O)C[C@@H](O)[C@H](O)CC[C@@H](O)C[C@@H](O)CC(=O)O[C@H]1C)C[C@H](O)[C@H]2C(N)=O. The van der Waals surface area contributed by atoms with Crippen molar-refractivity contribution in [2.45, 2.75) is 214 Å². The van der Waals surface area contributed by atoms with Crippen LogP contribution in [0.15, 0.2) is 85.1 Å². The lowest BCUT2D eigenvalue weighted by Gasteiger charge is -2.45. The Morgan fingerprint density at radius 2 is 1.19 bits per heavy atom. The zero-order valence-corrected chi connectivity index (χ0v) is 43.0. The smallest absolute Gasteiger partial charge is 0.308 e. The Hall–Kier alpha value is -3.56. The van der Waals surface area contributed by atoms with Gasteiger partial charge < -0.3 is 96.1 Å². The van der Waals surface area contributed by atoms with Crippen molar-refractivity contribution in [2.75, 3.05) is 0 Å². The number of ether oxygens (including phenoxy) is 6. The lowest BCUT2D eigenvalue weighted by atomic mass is 9.82. The third-order valence-electron chi connectivity index (χ3n) is 14.0. The summed E-state index contributed by atoms with van der Waals surface area (Å²) in [5, 5.41) is 119. The van der Waals surface area contributed by atoms with Crippen LogP contribution in [-0.4, -0.2) is 190 Å². The number of allylic oxidation sites excluding steroid dienone is 12. The minimum atomic E-state index is -2.29. The standard InChI is InChI=1S/C53H84N2O19/c1-29-18-16-14-12-10-8-6-7-9-11-13-15-17-19-37(72-52-49(66)46(54)48(65)33(5)71-52)25-42-45(51(55)67)41(62)28-53(68,74-42)27-36(58)23-39(60)38(59)21-20-34(56)22-35(57)24-43(63)69-31(3)30(2)50(29)73-44-26-40(61)47(64)32(4)70-44/h6-19,29-42,44-50,52,56-62,64-66,68H,20-28,54H2,1-5H3,(H2,55,67)/b7-6+,10-8+,11-9+,14-12+,15-13+,18-16+,19-17+/t29-,30-,31-,32-,33+,34+,35+,36-,37-,38+,39+,40+,41-,42-,44?,45+,46-,47-,48+,49-,50+,52-,53+/m0/s1. The number of carbonyl (C=O) groups is 2. The van der Waals surface area contributed by atoms with Crippen molar-refractivity contribution in [3.05, 3.63) is 85.1 Å². The second kappa shape index (κ2) is 30.4. The average molecular weight is 1050 g/mol. The number of cyclic esters (lactones) is 1. The second-order valence-corrected chi connectivity index (χ2v) is 20.3. The van der Waals surface area contributed by atoms with Gasteiger partial charge in [-0.05, 0) is 40.0 Å². The monoisotopic (exact) mass is 1050 g/mol. The number of rotatable bonds is 5. The van der Waals surface area contributed by atoms with Crippen molar-refractivity contribution in [3.63, 3.8) is 0 Å². The fraction of sp³-hybridized carbons (Fsp3) is 0.698. The van der Waals surface area contributed by atoms with Crippen LogP contribution in [0.25, 0.3) is 0 Å². The molecule has 4 aliphatic rings. The van der Waals surface area contributed by atoms with Gasteiger partial charge in [-0.1, -0.05) is 98.9 Å². The molecular weight excluding hydrogens is 969 g/mol. The largest absolute Gasteiger partial charge is 0.462 e. The van der Waals surface area contributed by atoms with Crippen LogP contribution < -0.4 is 11.5 Å². The molecule has 3 fully saturated rings. The first-order valence-corrected chi connectivity index (χ1v) is 25.6. The molecule has 3 saturated heterocycles. The van der Waals surface area contributed by atoms with E-state index in [1.54, 1.807) is 69.4 Å². The van der Waals surface area contributed by atoms with E-state index >= 15 is 0 Å². The Morgan fingerprint density at radius 3 is 1.78 bits per heavy atom. The van der Waals surface area contributed by atoms with Gasteiger partial charge in [0.2, 0.25) is 5.91 Å². The summed E-state index contributed by atoms with van der Waals surface area (Å²) in [5.74, 6) is -6.09. The highest BCUT2D eigenvalue weighted by molar-refractivity contribution is 5.78. The molecule has 420 valence electrons. The quantitative estimate of drug-likeness (QED) is 0.161. The zero-order chi connectivity index (χ0) is 54.9. The Kier molecular flexibility index (Phi) is 25.9. The molecule has 15 N–H and O–H groups in total. The first-order chi connectivity index (χ1) is 34.9. The maximum Gasteiger partial charge on any atom is 0.308 e. The van der Waals surface area contributed by atoms with Gasteiger partial charge in [-0.3, -0.25) is 9.59 Å². The third kappa shape index (κ3) is 19.8. The molecule has 0 saturated carbocycles. The van der Waals surface area contributed by atoms with Crippen molar-refractivity contribution in [1.29, 1.82) is 0 Å². The molecule has 0 aromatic rings. The molecule has 1 unspecified atom stereocenters. The number of esters is 1. The summed E-state index contributed by atoms with van der Waals surface area (Å²) >= 11 is 0. The Bertz CT molecular complexity index is 1920. The molecule has 0 aromatic heterocycles. The van der Waals surface area contributed by atoms with E-state index in [1.807, 2.05) is 50.3 Å². The van der Waals surface area contributed by atoms with Gasteiger partial charge in [0, 0.05) is 43.9 Å². The van der Waals surface area contributed by atoms with Crippen LogP contribution in [0.1, 0.15) is 92.4 Å². The van der Waals surface area contributed by atoms with Crippen LogP contribution in [0.3, 0.4) is 0 Å². The van der Waals surface area contributed by atoms with E-state index in [-0.39, 0.29) is 38.0 Å². The van der Waals surface area contributed by atoms with Gasteiger partial charge in [0.25, 0.3) is 0 Å². The predicted octanol–water partition coefficient (Wildman–Crippen LogP) is -0.00660. The van der Waals surface area contributed by atoms with E-state index in [0.717, 1.165) is 0 Å². The summed E-state index contributed by atoms with van der Waals surface area (Å²) in [6.07, 6.45) is 0.561. The molecule has 2 bridgehead atoms. The first kappa shape index (κ1) is 63.0. The van der Waals surface area contributed by atoms with Gasteiger partial charge >= 0.3 is 5.97 Å². The molecule has 1 amide bonds. The maximum absolute atomic E-state index is 13.1. The molecule has 4 rings (SSSR count). The van der Waals surface area contributed by atoms with Crippen LogP contribution in [0.5, 0.6) is 0 Å². The van der Waals surface area contributed by atoms with Crippen molar-refractivity contribution < 1.29 is 94.2 Å². The fourth-order valence-corrected chi connectivity index (χ4v) is 9.54. The number of aliphatic hydroxyl groups excluding tert-OH is 10. The molecule has 21 nitrogen and oxygen atoms in total. The van der Waals surface area contributed by atoms with E-state index in [0.29, 0.717) is 0 Å². The van der Waals surface area contributed by atoms with Gasteiger partial charge in [0.05, 0.1) is 97.7 Å². The number of aliphatic hydroxyl groups is 11. The van der Waals surface area contributed by atoms with Crippen LogP contribution >= 0.6 is 0 Å². The van der Waals surface area contributed by atoms with Crippen LogP contribution in [0, 0.1) is 17.8 Å². The Labute approximate surface area is 433 Å². The van der Waals surface area contributed by atoms with E-state index < -0.39 is 171 Å². The molecule has 0 aromatic carbocycles. The van der Waals surface area contributed by atoms with E-state index in [4.69, 9.17) is 39.9 Å². The summed E-state index contributed by atoms with van der Waals surface area (Å²) in [6, 6.07) is -1.14. The highest BCUT2D eigenvalue weighted by Gasteiger charge is 2.50. The number of carbonyl (C=O) groups excluding carboxylic acids is 2. The maximum atomic E-state index is 13.1. The molecule has 23 atom stereocenters. The van der Waals surface area contributed by atoms with E-state index in [9.17, 15) is 65.8 Å². The van der Waals surface area contributed by atoms with Crippen molar-refractivity contribution >= 4 is 11.9 Å². The van der Waals surface area contributed by atoms with Crippen LogP contribution in [0.4, 0.5) is 0 Å². The number of amides is 1. The normalized spacial score (nSPS) is 46.7. The second-order valence-electron chi connectivity index (χ2n) is 20.3. The number of primary amides is 1. The predicted molar refractivity (Wildman–Crippen MR) is 268 cm³/mol. The Balaban J connectivity index is 1.57. The van der Waals surface area contributed by atoms with Gasteiger partial charge in [0.15, 0.2) is 18.4 Å². The van der Waals surface area contributed by atoms with Crippen molar-refractivity contribution in [3.8, 4) is 0 Å². The average Bonchev–Trinajstić information content (AvgIpc) is 3.31. The highest BCUT2D eigenvalue weighted by Crippen LogP contribution is 2.38. The molecule has 4 aliphatic heterocycles. The number of fused-ring (bicyclic) bond motifs is 2. The van der Waals surface area contributed by atoms with E-state index in [2.05, 4.69) is 0 Å². The number of hydrogen-bond acceptors (Lipinski definition) is 20. The number of nitrogens with two attached hydrogens (primary N) is 2. The van der Waals surface area contributed by atoms with Crippen molar-refractivity contribution in [2.24, 2.45) is 29.2 Å². The topological polar surface area (TPSA) is 364 Å². The summed E-state index contributed by atoms with van der Waals surface area (Å²) in [7, 11) is 0. The van der Waals surface area contributed by atoms with E-state index in [1.165, 1.54) is 0 Å². The minimum absolute atomic E-state index is 0.0156. The van der Waals surface area contributed by atoms with Gasteiger partial charge in [-0.15, -0.1) is 0 Å². The van der Waals surface area contributed by atoms with Gasteiger partial charge in [-0.25, -0.2) is 0 Å². The third-order valence-corrected chi connectivity index (χ3v) is 14.0. The summed E-state index contributed by atoms with van der Waals surface area (Å²) in [5.41, 5.74) is 11.8. The first-order valence-electron chi connectivity index (χ1n) is 25.6. The summed E-state index contributed by atoms with van der Waals surface area (Å²) in [4.78, 5) is 25.8. The molecule has 4 heterocycles. The lowest BCUT2D eigenvalue weighted by molar-refractivity contribution is -0.307. The lowest BCUT2D eigenvalue weighted by Crippen LogP contribution is -2.61. The van der Waals surface area contributed by atoms with Crippen LogP contribution in [0.2, 0.25) is 0 Å². The molecule has 0 aliphatic carbocycles. The van der Waals surface area contributed by atoms with Crippen molar-refractivity contribution in [1.82, 2.24) is 0 Å². The molecular formula is C53H84N2O19. The minimum Gasteiger partial charge on any atom is -0.462 e. The Morgan fingerprint density at radius 1 is 0.608 bits per heavy atom. The van der Waals surface area contributed by atoms with Gasteiger partial charge in [-0.2, -0.15) is 0 Å². The fourth-order valence-electron chi connectivity index (χ4n) is 9.54. The molecule has 74 heavy (non-hydrogen) atoms. The molecule has 21 heteroatoms. The zero-order valence-electron chi connectivity index (χ0n) is 43.0. The highest BCUT2D eigenvalue weighted by atomic mass is 16.7. The number of hydrogen-bond donors (Lipinski definition) is 13.